The first-order chi connectivity index (χ1) is 20.1. The van der Waals surface area contributed by atoms with Gasteiger partial charge < -0.3 is 15.0 Å². The zero-order valence-electron chi connectivity index (χ0n) is 22.6. The third-order valence-electron chi connectivity index (χ3n) is 6.56. The van der Waals surface area contributed by atoms with Gasteiger partial charge in [0.25, 0.3) is 11.8 Å². The van der Waals surface area contributed by atoms with Gasteiger partial charge in [0.2, 0.25) is 0 Å². The normalized spacial score (nSPS) is 13.9. The van der Waals surface area contributed by atoms with Crippen LogP contribution in [0.3, 0.4) is 0 Å². The summed E-state index contributed by atoms with van der Waals surface area (Å²) in [4.78, 5) is 37.0. The van der Waals surface area contributed by atoms with E-state index in [0.29, 0.717) is 48.0 Å². The van der Waals surface area contributed by atoms with Crippen LogP contribution >= 0.6 is 11.8 Å². The van der Waals surface area contributed by atoms with Gasteiger partial charge in [-0.1, -0.05) is 11.8 Å². The van der Waals surface area contributed by atoms with Crippen LogP contribution in [0.4, 0.5) is 10.1 Å². The zero-order chi connectivity index (χ0) is 29.7. The number of nitrogens with zero attached hydrogens (tertiary/aromatic N) is 3. The molecule has 0 spiro atoms. The van der Waals surface area contributed by atoms with Gasteiger partial charge in [-0.3, -0.25) is 14.6 Å². The van der Waals surface area contributed by atoms with E-state index >= 15 is 0 Å². The highest BCUT2D eigenvalue weighted by atomic mass is 32.2. The van der Waals surface area contributed by atoms with Crippen LogP contribution in [0.1, 0.15) is 33.7 Å². The Morgan fingerprint density at radius 2 is 1.64 bits per heavy atom. The number of benzene rings is 2. The summed E-state index contributed by atoms with van der Waals surface area (Å²) in [5.41, 5.74) is 1.03. The molecule has 0 radical (unpaired) electrons. The number of hydrogen-bond acceptors (Lipinski definition) is 8. The molecule has 5 rings (SSSR count). The van der Waals surface area contributed by atoms with Crippen molar-refractivity contribution in [3.8, 4) is 5.75 Å². The van der Waals surface area contributed by atoms with Crippen LogP contribution in [-0.2, 0) is 9.84 Å². The standard InChI is InChI=1S/C30H27FN4O5S2/c1-42(38,39)26-10-6-23(7-11-26)40-24-14-16-35(17-15-24)30(37)20-2-12-27(32-18-20)29(36)34-22-5-13-28(33-19-22)41-25-8-3-21(31)4-9-25/h2-13,18-19,24H,14-17H2,1H3,(H,34,36). The van der Waals surface area contributed by atoms with Crippen molar-refractivity contribution in [2.75, 3.05) is 24.7 Å². The minimum absolute atomic E-state index is 0.0904. The zero-order valence-corrected chi connectivity index (χ0v) is 24.2. The fourth-order valence-electron chi connectivity index (χ4n) is 4.30. The van der Waals surface area contributed by atoms with Crippen molar-refractivity contribution < 1.29 is 27.1 Å². The van der Waals surface area contributed by atoms with E-state index in [-0.39, 0.29) is 28.4 Å². The lowest BCUT2D eigenvalue weighted by Crippen LogP contribution is -2.41. The number of pyridine rings is 2. The fourth-order valence-corrected chi connectivity index (χ4v) is 5.69. The highest BCUT2D eigenvalue weighted by Crippen LogP contribution is 2.27. The lowest BCUT2D eigenvalue weighted by Gasteiger charge is -2.32. The molecule has 3 heterocycles. The Morgan fingerprint density at radius 1 is 0.929 bits per heavy atom. The van der Waals surface area contributed by atoms with Crippen molar-refractivity contribution in [1.82, 2.24) is 14.9 Å². The first-order valence-corrected chi connectivity index (χ1v) is 15.8. The summed E-state index contributed by atoms with van der Waals surface area (Å²) in [5.74, 6) is -0.330. The Bertz CT molecular complexity index is 1660. The summed E-state index contributed by atoms with van der Waals surface area (Å²) in [6.45, 7) is 0.991. The molecular formula is C30H27FN4O5S2. The second-order valence-electron chi connectivity index (χ2n) is 9.68. The first-order valence-electron chi connectivity index (χ1n) is 13.1. The molecule has 216 valence electrons. The largest absolute Gasteiger partial charge is 0.490 e. The summed E-state index contributed by atoms with van der Waals surface area (Å²) in [6, 6.07) is 19.0. The molecule has 9 nitrogen and oxygen atoms in total. The number of likely N-dealkylation sites (tertiary alicyclic amines) is 1. The van der Waals surface area contributed by atoms with E-state index in [0.717, 1.165) is 11.2 Å². The monoisotopic (exact) mass is 606 g/mol. The molecule has 2 amide bonds. The molecule has 12 heteroatoms. The van der Waals surface area contributed by atoms with E-state index in [1.54, 1.807) is 47.4 Å². The molecule has 1 saturated heterocycles. The van der Waals surface area contributed by atoms with Gasteiger partial charge in [-0.25, -0.2) is 17.8 Å². The smallest absolute Gasteiger partial charge is 0.274 e. The van der Waals surface area contributed by atoms with E-state index in [4.69, 9.17) is 4.74 Å². The van der Waals surface area contributed by atoms with Gasteiger partial charge >= 0.3 is 0 Å². The molecule has 0 unspecified atom stereocenters. The molecule has 4 aromatic rings. The van der Waals surface area contributed by atoms with Crippen LogP contribution in [0.5, 0.6) is 5.75 Å². The number of halogens is 1. The summed E-state index contributed by atoms with van der Waals surface area (Å²) >= 11 is 1.37. The van der Waals surface area contributed by atoms with E-state index < -0.39 is 15.7 Å². The molecule has 42 heavy (non-hydrogen) atoms. The summed E-state index contributed by atoms with van der Waals surface area (Å²) < 4.78 is 42.3. The Hall–Kier alpha value is -4.29. The highest BCUT2D eigenvalue weighted by molar-refractivity contribution is 7.99. The van der Waals surface area contributed by atoms with Crippen molar-refractivity contribution in [3.05, 3.63) is 102 Å². The van der Waals surface area contributed by atoms with Crippen molar-refractivity contribution in [1.29, 1.82) is 0 Å². The number of amides is 2. The van der Waals surface area contributed by atoms with Crippen molar-refractivity contribution in [3.63, 3.8) is 0 Å². The minimum atomic E-state index is -3.27. The average molecular weight is 607 g/mol. The molecule has 1 fully saturated rings. The van der Waals surface area contributed by atoms with Gasteiger partial charge in [0.05, 0.1) is 22.3 Å². The van der Waals surface area contributed by atoms with Gasteiger partial charge in [0.15, 0.2) is 9.84 Å². The lowest BCUT2D eigenvalue weighted by atomic mass is 10.1. The van der Waals surface area contributed by atoms with Crippen LogP contribution in [0.25, 0.3) is 0 Å². The molecule has 0 aliphatic carbocycles. The molecule has 1 aliphatic heterocycles. The van der Waals surface area contributed by atoms with Crippen LogP contribution < -0.4 is 10.1 Å². The van der Waals surface area contributed by atoms with Crippen LogP contribution in [0, 0.1) is 5.82 Å². The minimum Gasteiger partial charge on any atom is -0.490 e. The average Bonchev–Trinajstić information content (AvgIpc) is 2.99. The van der Waals surface area contributed by atoms with Gasteiger partial charge in [-0.2, -0.15) is 0 Å². The predicted molar refractivity (Wildman–Crippen MR) is 156 cm³/mol. The summed E-state index contributed by atoms with van der Waals surface area (Å²) in [5, 5.41) is 3.44. The van der Waals surface area contributed by atoms with Gasteiger partial charge in [0.1, 0.15) is 28.4 Å². The maximum absolute atomic E-state index is 13.1. The number of ether oxygens (including phenoxy) is 1. The van der Waals surface area contributed by atoms with Crippen LogP contribution in [-0.4, -0.2) is 60.5 Å². The summed E-state index contributed by atoms with van der Waals surface area (Å²) in [6.07, 6.45) is 5.24. The number of anilines is 1. The number of carbonyl (C=O) groups is 2. The van der Waals surface area contributed by atoms with E-state index in [1.165, 1.54) is 54.5 Å². The predicted octanol–water partition coefficient (Wildman–Crippen LogP) is 5.11. The maximum Gasteiger partial charge on any atom is 0.274 e. The number of sulfone groups is 1. The van der Waals surface area contributed by atoms with Crippen LogP contribution in [0.2, 0.25) is 0 Å². The summed E-state index contributed by atoms with van der Waals surface area (Å²) in [7, 11) is -3.27. The Labute approximate surface area is 247 Å². The molecular weight excluding hydrogens is 579 g/mol. The SMILES string of the molecule is CS(=O)(=O)c1ccc(OC2CCN(C(=O)c3ccc(C(=O)Nc4ccc(Sc5ccc(F)cc5)nc4)nc3)CC2)cc1. The molecule has 0 atom stereocenters. The van der Waals surface area contributed by atoms with Gasteiger partial charge in [-0.15, -0.1) is 0 Å². The topological polar surface area (TPSA) is 119 Å². The number of aromatic nitrogens is 2. The van der Waals surface area contributed by atoms with Crippen molar-refractivity contribution in [2.24, 2.45) is 0 Å². The maximum atomic E-state index is 13.1. The number of rotatable bonds is 8. The van der Waals surface area contributed by atoms with E-state index in [2.05, 4.69) is 15.3 Å². The Balaban J connectivity index is 1.10. The van der Waals surface area contributed by atoms with Gasteiger partial charge in [-0.05, 0) is 72.8 Å². The lowest BCUT2D eigenvalue weighted by molar-refractivity contribution is 0.0594. The third kappa shape index (κ3) is 7.51. The quantitative estimate of drug-likeness (QED) is 0.294. The van der Waals surface area contributed by atoms with E-state index in [9.17, 15) is 22.4 Å². The molecule has 2 aromatic carbocycles. The third-order valence-corrected chi connectivity index (χ3v) is 8.64. The van der Waals surface area contributed by atoms with Crippen LogP contribution in [0.15, 0.2) is 100 Å². The highest BCUT2D eigenvalue weighted by Gasteiger charge is 2.25. The van der Waals surface area contributed by atoms with Crippen molar-refractivity contribution in [2.45, 2.75) is 33.8 Å². The molecule has 0 saturated carbocycles. The fraction of sp³-hybridized carbons (Fsp3) is 0.200. The van der Waals surface area contributed by atoms with Gasteiger partial charge in [0, 0.05) is 43.3 Å². The number of nitrogens with one attached hydrogen (secondary N) is 1. The van der Waals surface area contributed by atoms with Crippen molar-refractivity contribution >= 4 is 39.1 Å². The molecule has 1 N–H and O–H groups in total. The number of hydrogen-bond donors (Lipinski definition) is 1. The number of carbonyl (C=O) groups excluding carboxylic acids is 2. The molecule has 1 aliphatic rings. The second-order valence-corrected chi connectivity index (χ2v) is 12.8. The molecule has 0 bridgehead atoms. The van der Waals surface area contributed by atoms with E-state index in [1.807, 2.05) is 0 Å². The Kier molecular flexibility index (Phi) is 8.83. The molecule has 2 aromatic heterocycles. The second kappa shape index (κ2) is 12.7. The number of piperidine rings is 1. The first kappa shape index (κ1) is 29.2. The Morgan fingerprint density at radius 3 is 2.24 bits per heavy atom.